The van der Waals surface area contributed by atoms with E-state index in [0.717, 1.165) is 16.8 Å². The summed E-state index contributed by atoms with van der Waals surface area (Å²) >= 11 is 0. The van der Waals surface area contributed by atoms with Crippen molar-refractivity contribution < 1.29 is 22.7 Å². The first-order valence-electron chi connectivity index (χ1n) is 9.50. The van der Waals surface area contributed by atoms with Gasteiger partial charge in [-0.1, -0.05) is 0 Å². The number of amides is 2. The molecule has 0 aliphatic carbocycles. The minimum Gasteiger partial charge on any atom is -0.497 e. The summed E-state index contributed by atoms with van der Waals surface area (Å²) in [4.78, 5) is 26.2. The topological polar surface area (TPSA) is 92.8 Å². The van der Waals surface area contributed by atoms with E-state index in [1.54, 1.807) is 48.4 Å². The van der Waals surface area contributed by atoms with Gasteiger partial charge in [-0.25, -0.2) is 8.42 Å². The van der Waals surface area contributed by atoms with Gasteiger partial charge >= 0.3 is 0 Å². The second kappa shape index (κ2) is 7.51. The number of nitrogens with zero attached hydrogens (tertiary/aromatic N) is 1. The van der Waals surface area contributed by atoms with E-state index in [2.05, 4.69) is 5.32 Å². The molecule has 2 aliphatic rings. The quantitative estimate of drug-likeness (QED) is 0.783. The summed E-state index contributed by atoms with van der Waals surface area (Å²) < 4.78 is 30.7. The Morgan fingerprint density at radius 1 is 1.10 bits per heavy atom. The first-order valence-corrected chi connectivity index (χ1v) is 11.2. The smallest absolute Gasteiger partial charge is 0.227 e. The Bertz CT molecular complexity index is 1080. The van der Waals surface area contributed by atoms with Crippen molar-refractivity contribution in [3.8, 4) is 5.75 Å². The number of benzene rings is 2. The summed E-state index contributed by atoms with van der Waals surface area (Å²) in [6.45, 7) is 0.606. The molecule has 2 aromatic rings. The van der Waals surface area contributed by atoms with Crippen LogP contribution in [0.1, 0.15) is 24.0 Å². The number of rotatable bonds is 6. The molecule has 29 heavy (non-hydrogen) atoms. The van der Waals surface area contributed by atoms with Crippen molar-refractivity contribution in [1.29, 1.82) is 0 Å². The van der Waals surface area contributed by atoms with Crippen molar-refractivity contribution in [3.63, 3.8) is 0 Å². The van der Waals surface area contributed by atoms with Crippen LogP contribution in [0.2, 0.25) is 0 Å². The third-order valence-corrected chi connectivity index (χ3v) is 7.05. The Balaban J connectivity index is 1.45. The number of anilines is 2. The number of hydrogen-bond donors (Lipinski definition) is 1. The highest BCUT2D eigenvalue weighted by Crippen LogP contribution is 2.38. The van der Waals surface area contributed by atoms with E-state index in [4.69, 9.17) is 4.74 Å². The van der Waals surface area contributed by atoms with Crippen molar-refractivity contribution in [1.82, 2.24) is 0 Å². The average Bonchev–Trinajstić information content (AvgIpc) is 3.15. The zero-order chi connectivity index (χ0) is 20.6. The molecule has 1 N–H and O–H groups in total. The van der Waals surface area contributed by atoms with Crippen LogP contribution in [0.3, 0.4) is 0 Å². The highest BCUT2D eigenvalue weighted by Gasteiger charge is 2.32. The second-order valence-corrected chi connectivity index (χ2v) is 9.34. The lowest BCUT2D eigenvalue weighted by Crippen LogP contribution is -2.32. The summed E-state index contributed by atoms with van der Waals surface area (Å²) in [6.07, 6.45) is 1.49. The van der Waals surface area contributed by atoms with Crippen molar-refractivity contribution in [3.05, 3.63) is 47.5 Å². The van der Waals surface area contributed by atoms with Gasteiger partial charge in [0.1, 0.15) is 5.75 Å². The van der Waals surface area contributed by atoms with Crippen molar-refractivity contribution in [2.24, 2.45) is 0 Å². The monoisotopic (exact) mass is 414 g/mol. The van der Waals surface area contributed by atoms with Crippen LogP contribution >= 0.6 is 0 Å². The predicted octanol–water partition coefficient (Wildman–Crippen LogP) is 2.33. The Morgan fingerprint density at radius 3 is 2.48 bits per heavy atom. The van der Waals surface area contributed by atoms with Gasteiger partial charge in [0.15, 0.2) is 9.84 Å². The SMILES string of the molecule is COc1ccc(NC(=O)CCS(=O)(=O)c2cc3c4c(c2)CCN4C(=O)CC3)cc1. The number of nitrogens with one attached hydrogen (secondary N) is 1. The second-order valence-electron chi connectivity index (χ2n) is 7.23. The van der Waals surface area contributed by atoms with E-state index < -0.39 is 9.84 Å². The van der Waals surface area contributed by atoms with Crippen LogP contribution in [0.15, 0.2) is 41.3 Å². The molecule has 4 rings (SSSR count). The van der Waals surface area contributed by atoms with E-state index in [1.165, 1.54) is 0 Å². The van der Waals surface area contributed by atoms with Crippen molar-refractivity contribution in [2.75, 3.05) is 29.6 Å². The third kappa shape index (κ3) is 3.85. The molecular weight excluding hydrogens is 392 g/mol. The molecule has 0 atom stereocenters. The Morgan fingerprint density at radius 2 is 1.79 bits per heavy atom. The zero-order valence-electron chi connectivity index (χ0n) is 16.1. The van der Waals surface area contributed by atoms with Crippen LogP contribution in [-0.2, 0) is 32.3 Å². The standard InChI is InChI=1S/C21H22N2O5S/c1-28-17-5-3-16(4-6-17)22-19(24)9-11-29(26,27)18-12-14-2-7-20(25)23-10-8-15(13-18)21(14)23/h3-6,12-13H,2,7-11H2,1H3,(H,22,24). The number of aryl methyl sites for hydroxylation is 1. The summed E-state index contributed by atoms with van der Waals surface area (Å²) in [5, 5.41) is 2.70. The van der Waals surface area contributed by atoms with E-state index in [-0.39, 0.29) is 28.9 Å². The highest BCUT2D eigenvalue weighted by atomic mass is 32.2. The normalized spacial score (nSPS) is 15.2. The summed E-state index contributed by atoms with van der Waals surface area (Å²) in [5.41, 5.74) is 3.27. The maximum Gasteiger partial charge on any atom is 0.227 e. The van der Waals surface area contributed by atoms with Gasteiger partial charge in [-0.05, 0) is 60.4 Å². The summed E-state index contributed by atoms with van der Waals surface area (Å²) in [5.74, 6) is 0.141. The van der Waals surface area contributed by atoms with E-state index in [0.29, 0.717) is 37.2 Å². The van der Waals surface area contributed by atoms with E-state index >= 15 is 0 Å². The fourth-order valence-electron chi connectivity index (χ4n) is 3.85. The Hall–Kier alpha value is -2.87. The van der Waals surface area contributed by atoms with Gasteiger partial charge in [-0.2, -0.15) is 0 Å². The molecule has 2 heterocycles. The van der Waals surface area contributed by atoms with Crippen LogP contribution < -0.4 is 15.0 Å². The molecule has 0 fully saturated rings. The molecule has 7 nitrogen and oxygen atoms in total. The van der Waals surface area contributed by atoms with Gasteiger partial charge in [0.25, 0.3) is 0 Å². The van der Waals surface area contributed by atoms with Crippen LogP contribution in [0.25, 0.3) is 0 Å². The number of ether oxygens (including phenoxy) is 1. The minimum atomic E-state index is -3.60. The molecular formula is C21H22N2O5S. The fraction of sp³-hybridized carbons (Fsp3) is 0.333. The van der Waals surface area contributed by atoms with Gasteiger partial charge in [0.05, 0.1) is 23.4 Å². The first kappa shape index (κ1) is 19.4. The van der Waals surface area contributed by atoms with Gasteiger partial charge in [-0.3, -0.25) is 9.59 Å². The number of hydrogen-bond acceptors (Lipinski definition) is 5. The van der Waals surface area contributed by atoms with Gasteiger partial charge in [0.2, 0.25) is 11.8 Å². The molecule has 0 radical (unpaired) electrons. The van der Waals surface area contributed by atoms with Crippen LogP contribution in [-0.4, -0.2) is 39.6 Å². The molecule has 0 spiro atoms. The van der Waals surface area contributed by atoms with Crippen LogP contribution in [0.5, 0.6) is 5.75 Å². The molecule has 8 heteroatoms. The molecule has 0 saturated heterocycles. The lowest BCUT2D eigenvalue weighted by atomic mass is 10.00. The maximum atomic E-state index is 12.8. The van der Waals surface area contributed by atoms with Gasteiger partial charge in [0, 0.05) is 25.1 Å². The van der Waals surface area contributed by atoms with Gasteiger partial charge < -0.3 is 15.0 Å². The van der Waals surface area contributed by atoms with Crippen LogP contribution in [0, 0.1) is 0 Å². The largest absolute Gasteiger partial charge is 0.497 e. The molecule has 0 unspecified atom stereocenters. The third-order valence-electron chi connectivity index (χ3n) is 5.36. The molecule has 2 amide bonds. The zero-order valence-corrected chi connectivity index (χ0v) is 16.9. The lowest BCUT2D eigenvalue weighted by molar-refractivity contribution is -0.119. The van der Waals surface area contributed by atoms with Crippen molar-refractivity contribution in [2.45, 2.75) is 30.6 Å². The fourth-order valence-corrected chi connectivity index (χ4v) is 5.18. The molecule has 0 saturated carbocycles. The van der Waals surface area contributed by atoms with E-state index in [1.807, 2.05) is 0 Å². The van der Waals surface area contributed by atoms with Crippen molar-refractivity contribution >= 4 is 33.0 Å². The molecule has 152 valence electrons. The molecule has 2 aliphatic heterocycles. The summed E-state index contributed by atoms with van der Waals surface area (Å²) in [6, 6.07) is 10.2. The number of carbonyl (C=O) groups is 2. The first-order chi connectivity index (χ1) is 13.9. The number of sulfone groups is 1. The molecule has 0 aromatic heterocycles. The summed E-state index contributed by atoms with van der Waals surface area (Å²) in [7, 11) is -2.05. The molecule has 0 bridgehead atoms. The Kier molecular flexibility index (Phi) is 5.04. The van der Waals surface area contributed by atoms with Gasteiger partial charge in [-0.15, -0.1) is 0 Å². The lowest BCUT2D eigenvalue weighted by Gasteiger charge is -2.25. The highest BCUT2D eigenvalue weighted by molar-refractivity contribution is 7.91. The predicted molar refractivity (Wildman–Crippen MR) is 109 cm³/mol. The van der Waals surface area contributed by atoms with Crippen LogP contribution in [0.4, 0.5) is 11.4 Å². The number of carbonyl (C=O) groups excluding carboxylic acids is 2. The number of methoxy groups -OCH3 is 1. The average molecular weight is 414 g/mol. The minimum absolute atomic E-state index is 0.0991. The Labute approximate surface area is 169 Å². The van der Waals surface area contributed by atoms with E-state index in [9.17, 15) is 18.0 Å². The molecule has 2 aromatic carbocycles. The maximum absolute atomic E-state index is 12.8.